The number of hydrogen-bond donors (Lipinski definition) is 1. The van der Waals surface area contributed by atoms with Crippen LogP contribution in [0.2, 0.25) is 0 Å². The van der Waals surface area contributed by atoms with Gasteiger partial charge < -0.3 is 42.6 Å². The molecule has 1 N–H and O–H groups in total. The Morgan fingerprint density at radius 1 is 0.246 bits per heavy atom. The highest BCUT2D eigenvalue weighted by Gasteiger charge is 2.42. The van der Waals surface area contributed by atoms with Gasteiger partial charge >= 0.3 is 0 Å². The molecule has 3 aliphatic rings. The van der Waals surface area contributed by atoms with Gasteiger partial charge in [0.25, 0.3) is 0 Å². The Balaban J connectivity index is 0.000000132. The van der Waals surface area contributed by atoms with Gasteiger partial charge in [-0.3, -0.25) is 0 Å². The molecule has 0 saturated heterocycles. The summed E-state index contributed by atoms with van der Waals surface area (Å²) in [4.78, 5) is 5.49. The SMILES string of the molecule is Ic1ccc(C2=C(c3cccc(OCc4ccccc4)c3)Sc3cc(OCc4ccccc4)ccc3O2)cc1.Ic1ccc(C2=C(c3cccc(OCc4ccccc4)c3)Sc3cc(OCc4ccccc4)ccc3O2)cc1.O[S+]1C(c2cccc(OCc3ccccc3)c2)=C(c2ccc(I)cc2)Oc2ccc(OCc3ccccc3)cc21. The Bertz CT molecular complexity index is 5760. The van der Waals surface area contributed by atoms with Crippen molar-refractivity contribution in [1.29, 1.82) is 0 Å². The highest BCUT2D eigenvalue weighted by atomic mass is 127. The average Bonchev–Trinajstić information content (AvgIpc) is 0.772. The topological polar surface area (TPSA) is 103 Å². The quantitative estimate of drug-likeness (QED) is 0.0460. The van der Waals surface area contributed by atoms with Crippen molar-refractivity contribution in [2.24, 2.45) is 0 Å². The van der Waals surface area contributed by atoms with Gasteiger partial charge in [0.05, 0.1) is 19.6 Å². The summed E-state index contributed by atoms with van der Waals surface area (Å²) in [5.41, 5.74) is 12.6. The van der Waals surface area contributed by atoms with Crippen LogP contribution in [0.4, 0.5) is 0 Å². The van der Waals surface area contributed by atoms with Crippen LogP contribution in [-0.4, -0.2) is 4.55 Å². The maximum Gasteiger partial charge on any atom is 0.246 e. The van der Waals surface area contributed by atoms with Crippen LogP contribution in [-0.2, 0) is 50.8 Å². The van der Waals surface area contributed by atoms with Crippen LogP contribution >= 0.6 is 91.3 Å². The van der Waals surface area contributed by atoms with Crippen LogP contribution in [0.5, 0.6) is 51.7 Å². The van der Waals surface area contributed by atoms with Crippen LogP contribution in [0.15, 0.2) is 397 Å². The van der Waals surface area contributed by atoms with Crippen molar-refractivity contribution in [3.05, 3.63) is 460 Å². The second kappa shape index (κ2) is 39.9. The van der Waals surface area contributed by atoms with Crippen molar-refractivity contribution in [2.45, 2.75) is 54.3 Å². The molecule has 15 aromatic rings. The first-order valence-corrected chi connectivity index (χ1v) is 44.2. The maximum atomic E-state index is 11.9. The zero-order valence-corrected chi connectivity index (χ0v) is 72.5. The first-order valence-electron chi connectivity index (χ1n) is 38.1. The summed E-state index contributed by atoms with van der Waals surface area (Å²) < 4.78 is 71.7. The third kappa shape index (κ3) is 21.4. The fraction of sp³-hybridized carbons (Fsp3) is 0.0588. The Morgan fingerprint density at radius 3 is 0.847 bits per heavy atom. The lowest BCUT2D eigenvalue weighted by molar-refractivity contribution is 0.304. The third-order valence-electron chi connectivity index (χ3n) is 18.9. The molecule has 0 bridgehead atoms. The van der Waals surface area contributed by atoms with Gasteiger partial charge in [0.15, 0.2) is 11.5 Å². The van der Waals surface area contributed by atoms with Crippen LogP contribution < -0.4 is 42.6 Å². The number of halogens is 3. The van der Waals surface area contributed by atoms with E-state index in [2.05, 4.69) is 201 Å². The maximum absolute atomic E-state index is 11.9. The Labute approximate surface area is 740 Å². The largest absolute Gasteiger partial charge is 0.489 e. The molecule has 0 fully saturated rings. The predicted octanol–water partition coefficient (Wildman–Crippen LogP) is 27.7. The normalized spacial score (nSPS) is 13.1. The molecule has 16 heteroatoms. The highest BCUT2D eigenvalue weighted by Crippen LogP contribution is 2.53. The average molecular weight is 1940 g/mol. The molecule has 0 amide bonds. The van der Waals surface area contributed by atoms with Gasteiger partial charge in [0, 0.05) is 39.0 Å². The van der Waals surface area contributed by atoms with E-state index in [-0.39, 0.29) is 0 Å². The van der Waals surface area contributed by atoms with E-state index in [0.717, 1.165) is 142 Å². The van der Waals surface area contributed by atoms with E-state index in [1.807, 2.05) is 249 Å². The minimum atomic E-state index is -1.28. The lowest BCUT2D eigenvalue weighted by atomic mass is 10.1. The van der Waals surface area contributed by atoms with E-state index in [4.69, 9.17) is 42.6 Å². The molecular weight excluding hydrogens is 1860 g/mol. The van der Waals surface area contributed by atoms with Crippen LogP contribution in [0, 0.1) is 10.7 Å². The van der Waals surface area contributed by atoms with Gasteiger partial charge in [-0.05, 0) is 252 Å². The van der Waals surface area contributed by atoms with Gasteiger partial charge in [-0.1, -0.05) is 260 Å². The number of hydrogen-bond acceptors (Lipinski definition) is 12. The number of ether oxygens (including phenoxy) is 9. The molecule has 582 valence electrons. The summed E-state index contributed by atoms with van der Waals surface area (Å²) in [6.45, 7) is 2.96. The van der Waals surface area contributed by atoms with Crippen LogP contribution in [0.25, 0.3) is 32.0 Å². The monoisotopic (exact) mass is 1940 g/mol. The molecule has 1 unspecified atom stereocenters. The predicted molar refractivity (Wildman–Crippen MR) is 503 cm³/mol. The number of thioether (sulfide) groups is 2. The molecular formula is C102H76I3O10S3+. The molecule has 0 saturated carbocycles. The van der Waals surface area contributed by atoms with E-state index in [1.54, 1.807) is 23.5 Å². The van der Waals surface area contributed by atoms with Crippen molar-refractivity contribution < 1.29 is 47.2 Å². The molecule has 0 radical (unpaired) electrons. The molecule has 15 aromatic carbocycles. The van der Waals surface area contributed by atoms with Gasteiger partial charge in [-0.15, -0.1) is 0 Å². The van der Waals surface area contributed by atoms with E-state index < -0.39 is 11.2 Å². The summed E-state index contributed by atoms with van der Waals surface area (Å²) in [6.07, 6.45) is 0. The number of benzene rings is 15. The Hall–Kier alpha value is -11.1. The molecule has 3 heterocycles. The molecule has 118 heavy (non-hydrogen) atoms. The second-order valence-electron chi connectivity index (χ2n) is 27.3. The molecule has 3 aliphatic heterocycles. The zero-order chi connectivity index (χ0) is 80.2. The van der Waals surface area contributed by atoms with Crippen molar-refractivity contribution >= 4 is 134 Å². The summed E-state index contributed by atoms with van der Waals surface area (Å²) in [6, 6.07) is 128. The summed E-state index contributed by atoms with van der Waals surface area (Å²) in [5.74, 6) is 9.21. The van der Waals surface area contributed by atoms with E-state index in [9.17, 15) is 4.55 Å². The van der Waals surface area contributed by atoms with Crippen LogP contribution in [0.3, 0.4) is 0 Å². The van der Waals surface area contributed by atoms with E-state index in [0.29, 0.717) is 66.7 Å². The molecule has 10 nitrogen and oxygen atoms in total. The highest BCUT2D eigenvalue weighted by molar-refractivity contribution is 14.1. The standard InChI is InChI=1S/C34H26IO4S.2C34H25IO3S/c35-28-16-14-26(15-17-28)33-34(27-12-7-13-29(20-27)37-22-24-8-3-1-4-9-24)40(36)32-21-30(18-19-31(32)39-33)38-23-25-10-5-2-6-11-25;2*35-28-16-14-26(15-17-28)33-34(27-12-7-13-29(20-27)36-22-24-8-3-1-4-9-24)39-32-21-30(18-19-31(32)38-33)37-23-25-10-5-2-6-11-25/h1-21,36H,22-23H2;2*1-21H,22-23H2/q+1;;. The minimum Gasteiger partial charge on any atom is -0.489 e. The third-order valence-corrected chi connectivity index (χ3v) is 25.0. The Kier molecular flexibility index (Phi) is 27.3. The van der Waals surface area contributed by atoms with Gasteiger partial charge in [0.2, 0.25) is 21.0 Å². The smallest absolute Gasteiger partial charge is 0.246 e. The van der Waals surface area contributed by atoms with Gasteiger partial charge in [-0.25, -0.2) is 0 Å². The van der Waals surface area contributed by atoms with Crippen molar-refractivity contribution in [2.75, 3.05) is 0 Å². The first-order chi connectivity index (χ1) is 58.1. The first kappa shape index (κ1) is 80.7. The fourth-order valence-electron chi connectivity index (χ4n) is 12.9. The molecule has 18 rings (SSSR count). The lowest BCUT2D eigenvalue weighted by Crippen LogP contribution is -2.16. The molecule has 1 atom stereocenters. The summed E-state index contributed by atoms with van der Waals surface area (Å²) in [5, 5.41) is 0. The summed E-state index contributed by atoms with van der Waals surface area (Å²) >= 11 is 9.05. The van der Waals surface area contributed by atoms with Crippen molar-refractivity contribution in [3.8, 4) is 51.7 Å². The zero-order valence-electron chi connectivity index (χ0n) is 63.6. The minimum absolute atomic E-state index is 0.442. The summed E-state index contributed by atoms with van der Waals surface area (Å²) in [7, 11) is 0. The van der Waals surface area contributed by atoms with Crippen molar-refractivity contribution in [1.82, 2.24) is 0 Å². The Morgan fingerprint density at radius 2 is 0.517 bits per heavy atom. The van der Waals surface area contributed by atoms with E-state index in [1.165, 1.54) is 7.14 Å². The van der Waals surface area contributed by atoms with E-state index >= 15 is 0 Å². The number of fused-ring (bicyclic) bond motifs is 3. The number of rotatable bonds is 24. The molecule has 0 aromatic heterocycles. The fourth-order valence-corrected chi connectivity index (χ4v) is 17.6. The molecule has 0 aliphatic carbocycles. The van der Waals surface area contributed by atoms with Gasteiger partial charge in [0.1, 0.15) is 97.2 Å². The molecule has 0 spiro atoms. The van der Waals surface area contributed by atoms with Gasteiger partial charge in [-0.2, -0.15) is 4.55 Å². The van der Waals surface area contributed by atoms with Crippen molar-refractivity contribution in [3.63, 3.8) is 0 Å². The second-order valence-corrected chi connectivity index (χ2v) is 34.6. The lowest BCUT2D eigenvalue weighted by Gasteiger charge is -2.24. The van der Waals surface area contributed by atoms with Crippen LogP contribution in [0.1, 0.15) is 66.8 Å².